The highest BCUT2D eigenvalue weighted by atomic mass is 32.2. The number of hydrogen-bond donors (Lipinski definition) is 1. The molecular weight excluding hydrogens is 426 g/mol. The Kier molecular flexibility index (Phi) is 6.60. The fraction of sp³-hybridized carbons (Fsp3) is 0.333. The molecule has 0 aromatic heterocycles. The van der Waals surface area contributed by atoms with Crippen molar-refractivity contribution in [1.82, 2.24) is 10.2 Å². The highest BCUT2D eigenvalue weighted by molar-refractivity contribution is 8.00. The average molecular weight is 454 g/mol. The van der Waals surface area contributed by atoms with Crippen LogP contribution in [0.4, 0.5) is 0 Å². The Bertz CT molecular complexity index is 1120. The normalized spacial score (nSPS) is 18.4. The number of piperidine rings is 1. The van der Waals surface area contributed by atoms with Crippen molar-refractivity contribution in [2.75, 3.05) is 19.7 Å². The third-order valence-corrected chi connectivity index (χ3v) is 7.08. The number of carbonyl (C=O) groups excluding carboxylic acids is 1. The van der Waals surface area contributed by atoms with Crippen LogP contribution in [0.2, 0.25) is 0 Å². The molecule has 1 amide bonds. The molecule has 0 radical (unpaired) electrons. The van der Waals surface area contributed by atoms with Crippen molar-refractivity contribution in [3.63, 3.8) is 0 Å². The lowest BCUT2D eigenvalue weighted by Crippen LogP contribution is -2.47. The van der Waals surface area contributed by atoms with Crippen molar-refractivity contribution < 1.29 is 17.9 Å². The van der Waals surface area contributed by atoms with Crippen LogP contribution in [-0.2, 0) is 14.8 Å². The number of sulfonamides is 1. The molecule has 2 aromatic rings. The molecule has 2 aliphatic heterocycles. The second-order valence-electron chi connectivity index (χ2n) is 7.85. The highest BCUT2D eigenvalue weighted by Crippen LogP contribution is 2.35. The maximum absolute atomic E-state index is 12.8. The van der Waals surface area contributed by atoms with Crippen LogP contribution in [0.3, 0.4) is 0 Å². The monoisotopic (exact) mass is 453 g/mol. The van der Waals surface area contributed by atoms with E-state index in [0.717, 1.165) is 5.57 Å². The van der Waals surface area contributed by atoms with E-state index in [-0.39, 0.29) is 18.6 Å². The van der Waals surface area contributed by atoms with Crippen LogP contribution in [0.5, 0.6) is 5.75 Å². The third-order valence-electron chi connectivity index (χ3n) is 5.67. The Morgan fingerprint density at radius 3 is 2.31 bits per heavy atom. The van der Waals surface area contributed by atoms with Gasteiger partial charge in [0, 0.05) is 24.7 Å². The quantitative estimate of drug-likeness (QED) is 0.726. The maximum atomic E-state index is 12.8. The van der Waals surface area contributed by atoms with Crippen LogP contribution in [0.25, 0.3) is 4.91 Å². The summed E-state index contributed by atoms with van der Waals surface area (Å²) in [5.74, 6) is 1.04. The van der Waals surface area contributed by atoms with Gasteiger partial charge in [-0.3, -0.25) is 4.79 Å². The number of ether oxygens (including phenoxy) is 1. The number of hydrogen-bond acceptors (Lipinski definition) is 5. The van der Waals surface area contributed by atoms with Crippen molar-refractivity contribution in [1.29, 1.82) is 0 Å². The zero-order chi connectivity index (χ0) is 22.6. The molecule has 0 saturated carbocycles. The van der Waals surface area contributed by atoms with E-state index in [1.807, 2.05) is 60.4 Å². The zero-order valence-electron chi connectivity index (χ0n) is 18.0. The summed E-state index contributed by atoms with van der Waals surface area (Å²) in [6.07, 6.45) is 2.01. The van der Waals surface area contributed by atoms with Crippen LogP contribution in [0, 0.1) is 0 Å². The molecule has 168 valence electrons. The number of amidine groups is 1. The number of nitrogens with zero attached hydrogens (tertiary/aromatic N) is 2. The van der Waals surface area contributed by atoms with E-state index in [1.165, 1.54) is 0 Å². The van der Waals surface area contributed by atoms with E-state index < -0.39 is 10.0 Å². The number of rotatable bonds is 6. The first-order valence-corrected chi connectivity index (χ1v) is 12.3. The highest BCUT2D eigenvalue weighted by Gasteiger charge is 2.36. The largest absolute Gasteiger partial charge is 0.484 e. The molecule has 0 spiro atoms. The van der Waals surface area contributed by atoms with Gasteiger partial charge in [0.1, 0.15) is 16.5 Å². The zero-order valence-corrected chi connectivity index (χ0v) is 18.8. The van der Waals surface area contributed by atoms with Gasteiger partial charge in [-0.1, -0.05) is 55.5 Å². The summed E-state index contributed by atoms with van der Waals surface area (Å²) in [6, 6.07) is 18.4. The lowest BCUT2D eigenvalue weighted by Gasteiger charge is -2.34. The molecule has 7 nitrogen and oxygen atoms in total. The number of para-hydroxylation sites is 1. The summed E-state index contributed by atoms with van der Waals surface area (Å²) in [7, 11) is -3.73. The van der Waals surface area contributed by atoms with Gasteiger partial charge in [0.25, 0.3) is 15.9 Å². The number of nitrogens with one attached hydrogen (secondary N) is 1. The molecule has 0 bridgehead atoms. The number of amides is 1. The van der Waals surface area contributed by atoms with Gasteiger partial charge < -0.3 is 15.0 Å². The smallest absolute Gasteiger partial charge is 0.285 e. The first kappa shape index (κ1) is 22.1. The van der Waals surface area contributed by atoms with Gasteiger partial charge in [0.15, 0.2) is 6.61 Å². The molecule has 1 N–H and O–H groups in total. The fourth-order valence-corrected chi connectivity index (χ4v) is 5.65. The molecule has 1 saturated heterocycles. The van der Waals surface area contributed by atoms with Gasteiger partial charge in [-0.2, -0.15) is 8.42 Å². The van der Waals surface area contributed by atoms with Gasteiger partial charge in [-0.25, -0.2) is 0 Å². The number of carbonyl (C=O) groups is 1. The van der Waals surface area contributed by atoms with E-state index in [9.17, 15) is 13.2 Å². The second-order valence-corrected chi connectivity index (χ2v) is 9.39. The number of benzene rings is 2. The SMILES string of the molecule is CCC1=C(c2ccccc2)S(=O)(=O)N=C1N1CCC(NC(=O)COc2ccccc2)CC1. The van der Waals surface area contributed by atoms with Crippen molar-refractivity contribution in [3.8, 4) is 5.75 Å². The van der Waals surface area contributed by atoms with Crippen molar-refractivity contribution in [3.05, 3.63) is 71.8 Å². The van der Waals surface area contributed by atoms with E-state index in [4.69, 9.17) is 4.74 Å². The van der Waals surface area contributed by atoms with Gasteiger partial charge in [0.2, 0.25) is 0 Å². The average Bonchev–Trinajstić information content (AvgIpc) is 3.09. The Morgan fingerprint density at radius 2 is 1.69 bits per heavy atom. The molecule has 0 unspecified atom stereocenters. The Morgan fingerprint density at radius 1 is 1.06 bits per heavy atom. The van der Waals surface area contributed by atoms with Crippen molar-refractivity contribution in [2.45, 2.75) is 32.2 Å². The van der Waals surface area contributed by atoms with E-state index in [1.54, 1.807) is 12.1 Å². The summed E-state index contributed by atoms with van der Waals surface area (Å²) >= 11 is 0. The summed E-state index contributed by atoms with van der Waals surface area (Å²) in [6.45, 7) is 3.18. The fourth-order valence-electron chi connectivity index (χ4n) is 4.12. The van der Waals surface area contributed by atoms with E-state index >= 15 is 0 Å². The molecule has 2 aromatic carbocycles. The third kappa shape index (κ3) is 4.85. The second kappa shape index (κ2) is 9.56. The summed E-state index contributed by atoms with van der Waals surface area (Å²) in [5.41, 5.74) is 1.43. The topological polar surface area (TPSA) is 88.1 Å². The van der Waals surface area contributed by atoms with Gasteiger partial charge >= 0.3 is 0 Å². The van der Waals surface area contributed by atoms with Crippen molar-refractivity contribution >= 4 is 26.7 Å². The molecule has 4 rings (SSSR count). The summed E-state index contributed by atoms with van der Waals surface area (Å²) in [5, 5.41) is 3.02. The minimum Gasteiger partial charge on any atom is -0.484 e. The van der Waals surface area contributed by atoms with Crippen molar-refractivity contribution in [2.24, 2.45) is 4.40 Å². The minimum atomic E-state index is -3.73. The van der Waals surface area contributed by atoms with Crippen LogP contribution < -0.4 is 10.1 Å². The van der Waals surface area contributed by atoms with Gasteiger partial charge in [0.05, 0.1) is 0 Å². The van der Waals surface area contributed by atoms with Crippen LogP contribution >= 0.6 is 0 Å². The predicted octanol–water partition coefficient (Wildman–Crippen LogP) is 3.21. The Hall–Kier alpha value is -3.13. The summed E-state index contributed by atoms with van der Waals surface area (Å²) < 4.78 is 35.3. The Labute approximate surface area is 188 Å². The first-order valence-electron chi connectivity index (χ1n) is 10.8. The van der Waals surface area contributed by atoms with E-state index in [0.29, 0.717) is 54.4 Å². The predicted molar refractivity (Wildman–Crippen MR) is 125 cm³/mol. The molecule has 0 atom stereocenters. The number of likely N-dealkylation sites (tertiary alicyclic amines) is 1. The van der Waals surface area contributed by atoms with Crippen LogP contribution in [0.1, 0.15) is 31.7 Å². The molecule has 0 aliphatic carbocycles. The minimum absolute atomic E-state index is 0.0272. The van der Waals surface area contributed by atoms with Crippen LogP contribution in [0.15, 0.2) is 70.6 Å². The molecule has 8 heteroatoms. The lowest BCUT2D eigenvalue weighted by atomic mass is 10.0. The molecule has 32 heavy (non-hydrogen) atoms. The van der Waals surface area contributed by atoms with Gasteiger partial charge in [-0.15, -0.1) is 4.40 Å². The summed E-state index contributed by atoms with van der Waals surface area (Å²) in [4.78, 5) is 14.6. The first-order chi connectivity index (χ1) is 15.5. The molecular formula is C24H27N3O4S. The van der Waals surface area contributed by atoms with Crippen LogP contribution in [-0.4, -0.2) is 50.8 Å². The maximum Gasteiger partial charge on any atom is 0.285 e. The molecule has 2 heterocycles. The van der Waals surface area contributed by atoms with E-state index in [2.05, 4.69) is 9.71 Å². The molecule has 1 fully saturated rings. The Balaban J connectivity index is 1.37. The van der Waals surface area contributed by atoms with Gasteiger partial charge in [-0.05, 0) is 37.0 Å². The molecule has 2 aliphatic rings. The lowest BCUT2D eigenvalue weighted by molar-refractivity contribution is -0.124. The standard InChI is InChI=1S/C24H27N3O4S/c1-2-21-23(18-9-5-3-6-10-18)32(29,30)26-24(21)27-15-13-19(14-16-27)25-22(28)17-31-20-11-7-4-8-12-20/h3-12,19H,2,13-17H2,1H3,(H,25,28).